The summed E-state index contributed by atoms with van der Waals surface area (Å²) in [4.78, 5) is 51.8. The van der Waals surface area contributed by atoms with Gasteiger partial charge in [-0.1, -0.05) is 12.5 Å². The third-order valence-electron chi connectivity index (χ3n) is 8.95. The Morgan fingerprint density at radius 2 is 1.65 bits per heavy atom. The smallest absolute Gasteiger partial charge is 0.305 e. The molecule has 0 bridgehead atoms. The summed E-state index contributed by atoms with van der Waals surface area (Å²) < 4.78 is 21.9. The number of carbonyl (C=O) groups is 3. The Balaban J connectivity index is 1.42. The number of ether oxygens (including phenoxy) is 4. The number of carbonyl (C=O) groups excluding carboxylic acids is 3. The van der Waals surface area contributed by atoms with Gasteiger partial charge in [0.1, 0.15) is 0 Å². The van der Waals surface area contributed by atoms with Crippen LogP contribution in [-0.4, -0.2) is 70.8 Å². The maximum Gasteiger partial charge on any atom is 0.305 e. The van der Waals surface area contributed by atoms with Gasteiger partial charge in [-0.25, -0.2) is 0 Å². The van der Waals surface area contributed by atoms with E-state index < -0.39 is 0 Å². The van der Waals surface area contributed by atoms with E-state index in [0.29, 0.717) is 73.8 Å². The van der Waals surface area contributed by atoms with Crippen molar-refractivity contribution in [3.63, 3.8) is 0 Å². The fourth-order valence-electron chi connectivity index (χ4n) is 6.52. The average molecular weight is 638 g/mol. The van der Waals surface area contributed by atoms with E-state index in [0.717, 1.165) is 48.8 Å². The summed E-state index contributed by atoms with van der Waals surface area (Å²) in [5.74, 6) is 1.58. The van der Waals surface area contributed by atoms with Crippen LogP contribution in [0.5, 0.6) is 17.2 Å². The van der Waals surface area contributed by atoms with E-state index in [-0.39, 0.29) is 35.2 Å². The number of hydrogen-bond donors (Lipinski definition) is 2. The van der Waals surface area contributed by atoms with Gasteiger partial charge < -0.3 is 34.5 Å². The molecule has 0 saturated carbocycles. The topological polar surface area (TPSA) is 132 Å². The molecule has 11 nitrogen and oxygen atoms in total. The highest BCUT2D eigenvalue weighted by atomic mass is 16.5. The van der Waals surface area contributed by atoms with E-state index in [2.05, 4.69) is 10.6 Å². The molecule has 4 rings (SSSR count). The van der Waals surface area contributed by atoms with Crippen molar-refractivity contribution in [2.75, 3.05) is 53.4 Å². The van der Waals surface area contributed by atoms with Gasteiger partial charge in [-0.15, -0.1) is 0 Å². The second-order valence-corrected chi connectivity index (χ2v) is 11.9. The lowest BCUT2D eigenvalue weighted by atomic mass is 9.93. The molecule has 2 aromatic rings. The molecule has 2 aliphatic rings. The Morgan fingerprint density at radius 3 is 2.30 bits per heavy atom. The molecule has 0 unspecified atom stereocenters. The molecule has 2 aromatic carbocycles. The van der Waals surface area contributed by atoms with Gasteiger partial charge in [-0.05, 0) is 79.3 Å². The molecule has 250 valence electrons. The number of benzene rings is 1. The third kappa shape index (κ3) is 8.30. The van der Waals surface area contributed by atoms with Gasteiger partial charge in [-0.3, -0.25) is 19.2 Å². The quantitative estimate of drug-likeness (QED) is 0.238. The van der Waals surface area contributed by atoms with Gasteiger partial charge in [0.25, 0.3) is 0 Å². The minimum Gasteiger partial charge on any atom is -0.493 e. The van der Waals surface area contributed by atoms with Crippen molar-refractivity contribution in [2.24, 2.45) is 5.92 Å². The maximum atomic E-state index is 13.5. The molecule has 11 heteroatoms. The van der Waals surface area contributed by atoms with E-state index in [4.69, 9.17) is 18.9 Å². The Morgan fingerprint density at radius 1 is 0.913 bits per heavy atom. The van der Waals surface area contributed by atoms with E-state index in [1.165, 1.54) is 14.0 Å². The molecule has 1 heterocycles. The van der Waals surface area contributed by atoms with Crippen molar-refractivity contribution in [1.82, 2.24) is 10.2 Å². The molecule has 2 amide bonds. The van der Waals surface area contributed by atoms with Crippen LogP contribution in [-0.2, 0) is 25.5 Å². The van der Waals surface area contributed by atoms with Crippen molar-refractivity contribution in [1.29, 1.82) is 0 Å². The summed E-state index contributed by atoms with van der Waals surface area (Å²) in [7, 11) is 6.11. The SMILES string of the molecule is COC(=O)CC1CCN(C(=O)CCCCCNc2ccc3c(cc2=O)[C@@H](NC(C)=O)CCc2cc(OC)c(OC)c(OC)c2-3)CC1. The number of aryl methyl sites for hydroxylation is 1. The number of anilines is 1. The van der Waals surface area contributed by atoms with Gasteiger partial charge in [-0.2, -0.15) is 0 Å². The van der Waals surface area contributed by atoms with Crippen LogP contribution in [0.2, 0.25) is 0 Å². The van der Waals surface area contributed by atoms with Crippen LogP contribution in [0.15, 0.2) is 29.1 Å². The minimum absolute atomic E-state index is 0.154. The van der Waals surface area contributed by atoms with Gasteiger partial charge in [0.05, 0.1) is 40.2 Å². The van der Waals surface area contributed by atoms with E-state index in [1.807, 2.05) is 17.0 Å². The molecule has 1 fully saturated rings. The first-order valence-electron chi connectivity index (χ1n) is 16.1. The van der Waals surface area contributed by atoms with Crippen LogP contribution in [0.3, 0.4) is 0 Å². The Bertz CT molecular complexity index is 1470. The molecule has 0 spiro atoms. The number of nitrogens with zero attached hydrogens (tertiary/aromatic N) is 1. The third-order valence-corrected chi connectivity index (χ3v) is 8.95. The highest BCUT2D eigenvalue weighted by molar-refractivity contribution is 5.84. The first-order chi connectivity index (χ1) is 22.2. The molecule has 0 radical (unpaired) electrons. The predicted molar refractivity (Wildman–Crippen MR) is 176 cm³/mol. The van der Waals surface area contributed by atoms with Crippen LogP contribution < -0.4 is 30.3 Å². The predicted octanol–water partition coefficient (Wildman–Crippen LogP) is 4.64. The minimum atomic E-state index is -0.370. The van der Waals surface area contributed by atoms with Gasteiger partial charge in [0.15, 0.2) is 11.5 Å². The number of rotatable bonds is 13. The fourth-order valence-corrected chi connectivity index (χ4v) is 6.52. The van der Waals surface area contributed by atoms with Crippen molar-refractivity contribution < 1.29 is 33.3 Å². The Kier molecular flexibility index (Phi) is 12.3. The second kappa shape index (κ2) is 16.3. The summed E-state index contributed by atoms with van der Waals surface area (Å²) in [6, 6.07) is 6.85. The van der Waals surface area contributed by atoms with Crippen LogP contribution in [0.4, 0.5) is 5.69 Å². The van der Waals surface area contributed by atoms with E-state index in [1.54, 1.807) is 33.5 Å². The van der Waals surface area contributed by atoms with Gasteiger partial charge in [0, 0.05) is 45.0 Å². The lowest BCUT2D eigenvalue weighted by molar-refractivity contribution is -0.142. The number of piperidine rings is 1. The van der Waals surface area contributed by atoms with E-state index >= 15 is 0 Å². The molecule has 1 atom stereocenters. The second-order valence-electron chi connectivity index (χ2n) is 11.9. The first-order valence-corrected chi connectivity index (χ1v) is 16.1. The number of methoxy groups -OCH3 is 4. The van der Waals surface area contributed by atoms with Crippen molar-refractivity contribution in [2.45, 2.75) is 70.8 Å². The zero-order valence-electron chi connectivity index (χ0n) is 27.7. The number of amides is 2. The van der Waals surface area contributed by atoms with Crippen LogP contribution in [0, 0.1) is 5.92 Å². The highest BCUT2D eigenvalue weighted by Crippen LogP contribution is 2.50. The standard InChI is InChI=1S/C35H47N3O8/c1-22(39)37-27-12-10-24-20-30(43-2)34(45-4)35(46-5)33(24)25-11-13-28(29(40)21-26(25)27)36-16-8-6-7-9-31(41)38-17-14-23(15-18-38)19-32(42)44-3/h11,13,20-21,23,27H,6-10,12,14-19H2,1-5H3,(H,36,40)(H,37,39)/t27-/m0/s1. The summed E-state index contributed by atoms with van der Waals surface area (Å²) in [5.41, 5.74) is 3.55. The number of nitrogens with one attached hydrogen (secondary N) is 2. The van der Waals surface area contributed by atoms with Gasteiger partial charge in [0.2, 0.25) is 23.0 Å². The summed E-state index contributed by atoms with van der Waals surface area (Å²) in [5, 5.41) is 6.32. The van der Waals surface area contributed by atoms with E-state index in [9.17, 15) is 19.2 Å². The Labute approximate surface area is 270 Å². The number of unbranched alkanes of at least 4 members (excludes halogenated alkanes) is 2. The summed E-state index contributed by atoms with van der Waals surface area (Å²) in [6.07, 6.45) is 6.19. The normalized spacial score (nSPS) is 15.9. The molecule has 46 heavy (non-hydrogen) atoms. The highest BCUT2D eigenvalue weighted by Gasteiger charge is 2.29. The Hall–Kier alpha value is -4.28. The first kappa shape index (κ1) is 34.6. The average Bonchev–Trinajstić information content (AvgIpc) is 3.29. The van der Waals surface area contributed by atoms with Crippen LogP contribution >= 0.6 is 0 Å². The molecular weight excluding hydrogens is 590 g/mol. The van der Waals surface area contributed by atoms with Crippen molar-refractivity contribution in [3.05, 3.63) is 45.6 Å². The molecular formula is C35H47N3O8. The van der Waals surface area contributed by atoms with Crippen molar-refractivity contribution >= 4 is 23.5 Å². The number of fused-ring (bicyclic) bond motifs is 3. The summed E-state index contributed by atoms with van der Waals surface area (Å²) >= 11 is 0. The lowest BCUT2D eigenvalue weighted by Gasteiger charge is -2.31. The molecule has 0 aromatic heterocycles. The molecule has 1 saturated heterocycles. The van der Waals surface area contributed by atoms with Crippen molar-refractivity contribution in [3.8, 4) is 28.4 Å². The zero-order chi connectivity index (χ0) is 33.2. The lowest BCUT2D eigenvalue weighted by Crippen LogP contribution is -2.38. The number of esters is 1. The summed E-state index contributed by atoms with van der Waals surface area (Å²) in [6.45, 7) is 3.42. The fraction of sp³-hybridized carbons (Fsp3) is 0.543. The molecule has 2 N–H and O–H groups in total. The van der Waals surface area contributed by atoms with Crippen LogP contribution in [0.25, 0.3) is 11.1 Å². The largest absolute Gasteiger partial charge is 0.493 e. The monoisotopic (exact) mass is 637 g/mol. The maximum absolute atomic E-state index is 13.5. The molecule has 1 aliphatic heterocycles. The molecule has 1 aliphatic carbocycles. The number of hydrogen-bond acceptors (Lipinski definition) is 9. The van der Waals surface area contributed by atoms with Gasteiger partial charge >= 0.3 is 5.97 Å². The number of likely N-dealkylation sites (tertiary alicyclic amines) is 1. The van der Waals surface area contributed by atoms with Crippen LogP contribution in [0.1, 0.15) is 75.5 Å². The zero-order valence-corrected chi connectivity index (χ0v) is 27.7.